The molecular weight excluding hydrogens is 405 g/mol. The van der Waals surface area contributed by atoms with E-state index in [4.69, 9.17) is 18.6 Å². The van der Waals surface area contributed by atoms with E-state index in [0.717, 1.165) is 18.4 Å². The van der Waals surface area contributed by atoms with Gasteiger partial charge in [0.1, 0.15) is 0 Å². The summed E-state index contributed by atoms with van der Waals surface area (Å²) in [4.78, 5) is 14.3. The predicted octanol–water partition coefficient (Wildman–Crippen LogP) is 3.39. The SMILES string of the molecule is O=C(COc1ccccc1F)N1CCCC(c2nnc(-c3ccc4c(c3)OCO4)o2)C1. The van der Waals surface area contributed by atoms with Crippen LogP contribution in [0.5, 0.6) is 17.2 Å². The lowest BCUT2D eigenvalue weighted by atomic mass is 9.98. The van der Waals surface area contributed by atoms with Crippen LogP contribution in [0, 0.1) is 5.82 Å². The van der Waals surface area contributed by atoms with E-state index in [1.807, 2.05) is 6.07 Å². The highest BCUT2D eigenvalue weighted by molar-refractivity contribution is 5.78. The van der Waals surface area contributed by atoms with Gasteiger partial charge in [-0.15, -0.1) is 10.2 Å². The van der Waals surface area contributed by atoms with Crippen LogP contribution in [-0.2, 0) is 4.79 Å². The number of piperidine rings is 1. The molecule has 1 unspecified atom stereocenters. The smallest absolute Gasteiger partial charge is 0.260 e. The summed E-state index contributed by atoms with van der Waals surface area (Å²) in [6.45, 7) is 1.03. The zero-order valence-electron chi connectivity index (χ0n) is 16.6. The first kappa shape index (κ1) is 19.3. The minimum absolute atomic E-state index is 0.0645. The summed E-state index contributed by atoms with van der Waals surface area (Å²) in [5.74, 6) is 1.50. The second kappa shape index (κ2) is 8.25. The van der Waals surface area contributed by atoms with Crippen LogP contribution in [0.15, 0.2) is 46.9 Å². The number of benzene rings is 2. The van der Waals surface area contributed by atoms with E-state index in [9.17, 15) is 9.18 Å². The number of carbonyl (C=O) groups is 1. The number of amides is 1. The number of fused-ring (bicyclic) bond motifs is 1. The molecule has 5 rings (SSSR count). The predicted molar refractivity (Wildman–Crippen MR) is 106 cm³/mol. The van der Waals surface area contributed by atoms with Gasteiger partial charge in [-0.2, -0.15) is 0 Å². The van der Waals surface area contributed by atoms with Gasteiger partial charge in [-0.3, -0.25) is 4.79 Å². The van der Waals surface area contributed by atoms with Gasteiger partial charge in [0, 0.05) is 18.7 Å². The lowest BCUT2D eigenvalue weighted by molar-refractivity contribution is -0.134. The van der Waals surface area contributed by atoms with E-state index in [1.165, 1.54) is 12.1 Å². The van der Waals surface area contributed by atoms with E-state index in [0.29, 0.717) is 36.4 Å². The third kappa shape index (κ3) is 4.03. The number of ether oxygens (including phenoxy) is 3. The number of hydrogen-bond donors (Lipinski definition) is 0. The molecule has 160 valence electrons. The fourth-order valence-corrected chi connectivity index (χ4v) is 3.74. The molecule has 2 aliphatic heterocycles. The Bertz CT molecular complexity index is 1100. The van der Waals surface area contributed by atoms with Crippen molar-refractivity contribution in [2.24, 2.45) is 0 Å². The van der Waals surface area contributed by atoms with Crippen LogP contribution in [0.3, 0.4) is 0 Å². The monoisotopic (exact) mass is 425 g/mol. The van der Waals surface area contributed by atoms with Gasteiger partial charge >= 0.3 is 0 Å². The Hall–Kier alpha value is -3.62. The van der Waals surface area contributed by atoms with Crippen LogP contribution in [0.1, 0.15) is 24.7 Å². The summed E-state index contributed by atoms with van der Waals surface area (Å²) in [7, 11) is 0. The molecule has 31 heavy (non-hydrogen) atoms. The van der Waals surface area contributed by atoms with Crippen LogP contribution >= 0.6 is 0 Å². The normalized spacial score (nSPS) is 17.6. The summed E-state index contributed by atoms with van der Waals surface area (Å²) >= 11 is 0. The number of halogens is 1. The van der Waals surface area contributed by atoms with Crippen molar-refractivity contribution in [1.82, 2.24) is 15.1 Å². The quantitative estimate of drug-likeness (QED) is 0.619. The van der Waals surface area contributed by atoms with E-state index < -0.39 is 5.82 Å². The third-order valence-corrected chi connectivity index (χ3v) is 5.37. The number of nitrogens with zero attached hydrogens (tertiary/aromatic N) is 3. The molecular formula is C22H20FN3O5. The molecule has 0 spiro atoms. The average Bonchev–Trinajstić information content (AvgIpc) is 3.47. The molecule has 1 atom stereocenters. The number of carbonyl (C=O) groups excluding carboxylic acids is 1. The van der Waals surface area contributed by atoms with Crippen molar-refractivity contribution >= 4 is 5.91 Å². The van der Waals surface area contributed by atoms with Crippen molar-refractivity contribution < 1.29 is 27.8 Å². The van der Waals surface area contributed by atoms with Gasteiger partial charge in [0.25, 0.3) is 5.91 Å². The van der Waals surface area contributed by atoms with Crippen molar-refractivity contribution in [3.8, 4) is 28.7 Å². The molecule has 1 amide bonds. The highest BCUT2D eigenvalue weighted by Crippen LogP contribution is 2.36. The fraction of sp³-hybridized carbons (Fsp3) is 0.318. The maximum Gasteiger partial charge on any atom is 0.260 e. The molecule has 1 aromatic heterocycles. The topological polar surface area (TPSA) is 86.9 Å². The Labute approximate surface area is 177 Å². The van der Waals surface area contributed by atoms with Gasteiger partial charge in [-0.05, 0) is 43.2 Å². The first-order valence-corrected chi connectivity index (χ1v) is 10.1. The molecule has 1 fully saturated rings. The van der Waals surface area contributed by atoms with E-state index in [1.54, 1.807) is 29.2 Å². The summed E-state index contributed by atoms with van der Waals surface area (Å²) in [6, 6.07) is 11.5. The van der Waals surface area contributed by atoms with Crippen LogP contribution in [0.2, 0.25) is 0 Å². The lowest BCUT2D eigenvalue weighted by Crippen LogP contribution is -2.41. The Morgan fingerprint density at radius 1 is 1.16 bits per heavy atom. The maximum atomic E-state index is 13.7. The van der Waals surface area contributed by atoms with Gasteiger partial charge in [-0.1, -0.05) is 12.1 Å². The van der Waals surface area contributed by atoms with Crippen molar-refractivity contribution in [1.29, 1.82) is 0 Å². The second-order valence-electron chi connectivity index (χ2n) is 7.41. The Kier molecular flexibility index (Phi) is 5.15. The molecule has 0 bridgehead atoms. The van der Waals surface area contributed by atoms with Crippen LogP contribution < -0.4 is 14.2 Å². The maximum absolute atomic E-state index is 13.7. The molecule has 9 heteroatoms. The lowest BCUT2D eigenvalue weighted by Gasteiger charge is -2.31. The summed E-state index contributed by atoms with van der Waals surface area (Å²) < 4.78 is 35.7. The largest absolute Gasteiger partial charge is 0.481 e. The zero-order valence-corrected chi connectivity index (χ0v) is 16.6. The average molecular weight is 425 g/mol. The Morgan fingerprint density at radius 3 is 2.94 bits per heavy atom. The first-order valence-electron chi connectivity index (χ1n) is 10.1. The van der Waals surface area contributed by atoms with E-state index in [-0.39, 0.29) is 31.0 Å². The Morgan fingerprint density at radius 2 is 2.03 bits per heavy atom. The van der Waals surface area contributed by atoms with Crippen molar-refractivity contribution in [3.63, 3.8) is 0 Å². The van der Waals surface area contributed by atoms with E-state index in [2.05, 4.69) is 10.2 Å². The highest BCUT2D eigenvalue weighted by atomic mass is 19.1. The van der Waals surface area contributed by atoms with Gasteiger partial charge < -0.3 is 23.5 Å². The molecule has 2 aromatic carbocycles. The second-order valence-corrected chi connectivity index (χ2v) is 7.41. The molecule has 0 N–H and O–H groups in total. The molecule has 0 saturated carbocycles. The van der Waals surface area contributed by atoms with Crippen molar-refractivity contribution in [2.75, 3.05) is 26.5 Å². The molecule has 1 saturated heterocycles. The molecule has 0 aliphatic carbocycles. The van der Waals surface area contributed by atoms with Crippen LogP contribution in [0.25, 0.3) is 11.5 Å². The third-order valence-electron chi connectivity index (χ3n) is 5.37. The number of rotatable bonds is 5. The van der Waals surface area contributed by atoms with Gasteiger partial charge in [0.05, 0.1) is 5.92 Å². The molecule has 3 aromatic rings. The number of para-hydroxylation sites is 1. The molecule has 3 heterocycles. The number of likely N-dealkylation sites (tertiary alicyclic amines) is 1. The van der Waals surface area contributed by atoms with E-state index >= 15 is 0 Å². The molecule has 0 radical (unpaired) electrons. The summed E-state index contributed by atoms with van der Waals surface area (Å²) in [5.41, 5.74) is 0.741. The molecule has 2 aliphatic rings. The first-order chi connectivity index (χ1) is 15.2. The highest BCUT2D eigenvalue weighted by Gasteiger charge is 2.29. The molecule has 8 nitrogen and oxygen atoms in total. The van der Waals surface area contributed by atoms with Gasteiger partial charge in [0.2, 0.25) is 18.6 Å². The van der Waals surface area contributed by atoms with Crippen LogP contribution in [0.4, 0.5) is 4.39 Å². The minimum atomic E-state index is -0.492. The number of aromatic nitrogens is 2. The van der Waals surface area contributed by atoms with Crippen molar-refractivity contribution in [2.45, 2.75) is 18.8 Å². The standard InChI is InChI=1S/C22H20FN3O5/c23-16-5-1-2-6-17(16)28-12-20(27)26-9-3-4-15(11-26)22-25-24-21(31-22)14-7-8-18-19(10-14)30-13-29-18/h1-2,5-8,10,15H,3-4,9,11-13H2. The number of hydrogen-bond acceptors (Lipinski definition) is 7. The summed E-state index contributed by atoms with van der Waals surface area (Å²) in [5, 5.41) is 8.36. The van der Waals surface area contributed by atoms with Gasteiger partial charge in [-0.25, -0.2) is 4.39 Å². The van der Waals surface area contributed by atoms with Gasteiger partial charge in [0.15, 0.2) is 29.7 Å². The minimum Gasteiger partial charge on any atom is -0.481 e. The zero-order chi connectivity index (χ0) is 21.2. The summed E-state index contributed by atoms with van der Waals surface area (Å²) in [6.07, 6.45) is 1.64. The van der Waals surface area contributed by atoms with Crippen LogP contribution in [-0.4, -0.2) is 47.5 Å². The Balaban J connectivity index is 1.23. The van der Waals surface area contributed by atoms with Crippen molar-refractivity contribution in [3.05, 3.63) is 54.2 Å². The fourth-order valence-electron chi connectivity index (χ4n) is 3.74.